The van der Waals surface area contributed by atoms with Crippen LogP contribution in [0.2, 0.25) is 0 Å². The fourth-order valence-corrected chi connectivity index (χ4v) is 10.8. The van der Waals surface area contributed by atoms with E-state index in [-0.39, 0.29) is 218 Å². The number of likely N-dealkylation sites (N-methyl/N-ethyl adjacent to an activating group) is 1. The molecule has 3 aliphatic heterocycles. The number of nitrogens with zero attached hydrogens (tertiary/aromatic N) is 3. The third-order valence-electron chi connectivity index (χ3n) is 17.4. The lowest BCUT2D eigenvalue weighted by molar-refractivity contribution is -0.199. The molecule has 38 heteroatoms. The maximum Gasteiger partial charge on any atom is 0.333 e. The summed E-state index contributed by atoms with van der Waals surface area (Å²) in [5, 5.41) is 30.6. The van der Waals surface area contributed by atoms with Crippen LogP contribution in [0, 0.1) is 17.8 Å². The number of ketones is 4. The van der Waals surface area contributed by atoms with Gasteiger partial charge >= 0.3 is 17.9 Å². The molecule has 0 saturated carbocycles. The molecule has 0 aromatic carbocycles. The minimum atomic E-state index is -0.838. The third kappa shape index (κ3) is 47.6. The van der Waals surface area contributed by atoms with Gasteiger partial charge in [-0.2, -0.15) is 0 Å². The number of Topliss-reactive ketones (excluding diaryl/α,β-unsaturated/α-hetero) is 4. The molecule has 12 amide bonds. The van der Waals surface area contributed by atoms with Crippen LogP contribution in [0.5, 0.6) is 0 Å². The molecule has 16 N–H and O–H groups in total. The Kier molecular flexibility index (Phi) is 53.9. The molecule has 616 valence electrons. The number of amides is 12. The smallest absolute Gasteiger partial charge is 0.333 e. The highest BCUT2D eigenvalue weighted by molar-refractivity contribution is 6.03. The van der Waals surface area contributed by atoms with Gasteiger partial charge in [0, 0.05) is 128 Å². The predicted octanol–water partition coefficient (Wildman–Crippen LogP) is -1.44. The summed E-state index contributed by atoms with van der Waals surface area (Å²) in [4.78, 5) is 234. The molecule has 3 fully saturated rings. The second-order valence-electron chi connectivity index (χ2n) is 26.4. The summed E-state index contributed by atoms with van der Waals surface area (Å²) < 4.78 is 0. The van der Waals surface area contributed by atoms with Crippen molar-refractivity contribution in [2.45, 2.75) is 226 Å². The van der Waals surface area contributed by atoms with E-state index in [4.69, 9.17) is 22.0 Å². The highest BCUT2D eigenvalue weighted by Gasteiger charge is 2.35. The van der Waals surface area contributed by atoms with Crippen LogP contribution in [0.4, 0.5) is 0 Å². The molecular weight excluding hydrogens is 1430 g/mol. The Morgan fingerprint density at radius 3 is 1.05 bits per heavy atom. The summed E-state index contributed by atoms with van der Waals surface area (Å²) in [6.07, 6.45) is 12.9. The molecule has 0 aromatic rings. The quantitative estimate of drug-likeness (QED) is 0.0188. The number of nitrogens with two attached hydrogens (primary N) is 3. The fraction of sp³-hybridized carbons (Fsp3) is 0.732. The molecule has 4 atom stereocenters. The van der Waals surface area contributed by atoms with Crippen molar-refractivity contribution in [3.05, 3.63) is 0 Å². The number of unbranched alkanes of at least 4 members (excludes halogenated alkanes) is 4. The Labute approximate surface area is 636 Å². The number of hydroxylamine groups is 6. The van der Waals surface area contributed by atoms with Crippen molar-refractivity contribution in [3.63, 3.8) is 0 Å². The molecule has 3 heterocycles. The van der Waals surface area contributed by atoms with Gasteiger partial charge in [-0.15, -0.1) is 15.2 Å². The summed E-state index contributed by atoms with van der Waals surface area (Å²) in [6, 6.07) is -0.340. The van der Waals surface area contributed by atoms with Crippen LogP contribution >= 0.6 is 0 Å². The Morgan fingerprint density at radius 1 is 0.339 bits per heavy atom. The number of carbonyl (C=O) groups excluding carboxylic acids is 19. The van der Waals surface area contributed by atoms with Crippen molar-refractivity contribution in [3.8, 4) is 0 Å². The van der Waals surface area contributed by atoms with Crippen LogP contribution in [-0.4, -0.2) is 226 Å². The standard InChI is InChI=1S/C37H71N9O7.C21H35N5O7.C13H14N2O8/c1-4-28(35(38)51)13-6-9-19-41-23-31(48)24-42-22-18-30(47)15-12-17-34(50)46-26-32(49)25-44-27-43-20-10-7-14-29(5-2)37(53)45-21-11-8-16-33(40-3)36(39)52;1-2-15(21(22)32)6-3-4-11-23-14-24-12-16(27)13-25-17(28)7-5-8-20(31)33-26-18(29)9-10-19(26)30;16-8-4-5-9(17)14(8)22-12(20)2-1-3-13(21)23-15-10(18)6-7-11(15)19/h28-29,33,40-44H,4-27H2,1-3H3,(H2,38,51)(H2,39,52)(H,45,53)(H,46,50);15,23-24H,2-14H2,1H3,(H2,22,32)(H,25,28);1-7H2/t28-,29+,33-;15-;/m00./s1. The normalized spacial score (nSPS) is 14.3. The number of rotatable bonds is 62. The Bertz CT molecular complexity index is 2880. The largest absolute Gasteiger partial charge is 0.369 e. The van der Waals surface area contributed by atoms with Gasteiger partial charge in [0.1, 0.15) is 5.78 Å². The van der Waals surface area contributed by atoms with E-state index in [9.17, 15) is 91.1 Å². The van der Waals surface area contributed by atoms with Gasteiger partial charge in [-0.05, 0) is 123 Å². The Morgan fingerprint density at radius 2 is 0.670 bits per heavy atom. The van der Waals surface area contributed by atoms with E-state index >= 15 is 0 Å². The average Bonchev–Trinajstić information content (AvgIpc) is 1.75. The monoisotopic (exact) mass is 1550 g/mol. The van der Waals surface area contributed by atoms with Crippen LogP contribution in [0.3, 0.4) is 0 Å². The van der Waals surface area contributed by atoms with E-state index in [0.29, 0.717) is 61.0 Å². The SMILES string of the molecule is CC[C@@H](CCCCNCC(=O)CNCCC(=O)CCCC(=O)NCC(=O)CNCNCCCC[C@@H](CC)C(=O)NCCCC[C@H](NC)C(N)=O)C(N)=O.CC[C@@H](CCCCNCNCC(=O)CNC(=O)CCCC(=O)ON1C(=O)CCC1=O)C(N)=O.O=C(CCCC(=O)ON1C(=O)CCC1=O)ON1C(=O)CCC1=O. The molecule has 0 bridgehead atoms. The van der Waals surface area contributed by atoms with Crippen molar-refractivity contribution in [2.75, 3.05) is 92.4 Å². The lowest BCUT2D eigenvalue weighted by atomic mass is 9.98. The van der Waals surface area contributed by atoms with Crippen molar-refractivity contribution >= 4 is 112 Å². The number of hydrogen-bond donors (Lipinski definition) is 13. The molecule has 3 saturated heterocycles. The van der Waals surface area contributed by atoms with Crippen LogP contribution in [0.15, 0.2) is 0 Å². The first-order chi connectivity index (χ1) is 52.1. The first-order valence-electron chi connectivity index (χ1n) is 37.9. The van der Waals surface area contributed by atoms with Gasteiger partial charge in [0.15, 0.2) is 17.3 Å². The Balaban J connectivity index is 0.000000895. The molecule has 38 nitrogen and oxygen atoms in total. The highest BCUT2D eigenvalue weighted by Crippen LogP contribution is 2.18. The third-order valence-corrected chi connectivity index (χ3v) is 17.4. The van der Waals surface area contributed by atoms with Crippen molar-refractivity contribution in [1.82, 2.24) is 68.4 Å². The summed E-state index contributed by atoms with van der Waals surface area (Å²) in [6.45, 7) is 10.3. The first-order valence-corrected chi connectivity index (χ1v) is 37.9. The zero-order valence-corrected chi connectivity index (χ0v) is 64.0. The highest BCUT2D eigenvalue weighted by atomic mass is 16.7. The topological polar surface area (TPSA) is 560 Å². The van der Waals surface area contributed by atoms with Gasteiger partial charge in [-0.3, -0.25) is 87.3 Å². The van der Waals surface area contributed by atoms with E-state index in [2.05, 4.69) is 62.8 Å². The molecule has 0 spiro atoms. The number of nitrogens with one attached hydrogen (secondary N) is 10. The maximum absolute atomic E-state index is 12.5. The maximum atomic E-state index is 12.5. The van der Waals surface area contributed by atoms with E-state index < -0.39 is 53.4 Å². The lowest BCUT2D eigenvalue weighted by Gasteiger charge is -2.16. The van der Waals surface area contributed by atoms with E-state index in [1.54, 1.807) is 7.05 Å². The van der Waals surface area contributed by atoms with Crippen LogP contribution in [-0.2, 0) is 106 Å². The lowest BCUT2D eigenvalue weighted by Crippen LogP contribution is -2.39. The van der Waals surface area contributed by atoms with Crippen molar-refractivity contribution in [2.24, 2.45) is 35.0 Å². The molecule has 0 aliphatic carbocycles. The molecule has 0 aromatic heterocycles. The minimum Gasteiger partial charge on any atom is -0.369 e. The van der Waals surface area contributed by atoms with Crippen LogP contribution < -0.4 is 70.4 Å². The zero-order valence-electron chi connectivity index (χ0n) is 64.0. The zero-order chi connectivity index (χ0) is 81.3. The number of carbonyl (C=O) groups is 19. The molecule has 3 aliphatic rings. The second-order valence-corrected chi connectivity index (χ2v) is 26.4. The average molecular weight is 1550 g/mol. The summed E-state index contributed by atoms with van der Waals surface area (Å²) in [5.74, 6) is -7.92. The van der Waals surface area contributed by atoms with Gasteiger partial charge < -0.3 is 74.2 Å². The fourth-order valence-electron chi connectivity index (χ4n) is 10.8. The molecule has 3 rings (SSSR count). The van der Waals surface area contributed by atoms with E-state index in [1.165, 1.54) is 0 Å². The number of hydrogen-bond acceptors (Lipinski definition) is 29. The van der Waals surface area contributed by atoms with Gasteiger partial charge in [0.05, 0.1) is 45.3 Å². The minimum absolute atomic E-state index is 0.00165. The van der Waals surface area contributed by atoms with Crippen LogP contribution in [0.25, 0.3) is 0 Å². The molecule has 109 heavy (non-hydrogen) atoms. The Hall–Kier alpha value is -8.95. The summed E-state index contributed by atoms with van der Waals surface area (Å²) in [7, 11) is 1.71. The first kappa shape index (κ1) is 98.1. The predicted molar refractivity (Wildman–Crippen MR) is 391 cm³/mol. The van der Waals surface area contributed by atoms with Crippen molar-refractivity contribution < 1.29 is 106 Å². The molecule has 0 radical (unpaired) electrons. The number of imide groups is 3. The van der Waals surface area contributed by atoms with Gasteiger partial charge in [-0.1, -0.05) is 40.0 Å². The van der Waals surface area contributed by atoms with Gasteiger partial charge in [0.25, 0.3) is 35.4 Å². The van der Waals surface area contributed by atoms with E-state index in [1.807, 2.05) is 20.8 Å². The van der Waals surface area contributed by atoms with Gasteiger partial charge in [0.2, 0.25) is 35.4 Å². The second kappa shape index (κ2) is 59.9. The van der Waals surface area contributed by atoms with Crippen LogP contribution in [0.1, 0.15) is 220 Å². The van der Waals surface area contributed by atoms with Crippen molar-refractivity contribution in [1.29, 1.82) is 0 Å². The summed E-state index contributed by atoms with van der Waals surface area (Å²) in [5.41, 5.74) is 16.0. The van der Waals surface area contributed by atoms with E-state index in [0.717, 1.165) is 103 Å². The van der Waals surface area contributed by atoms with Gasteiger partial charge in [-0.25, -0.2) is 14.4 Å². The summed E-state index contributed by atoms with van der Waals surface area (Å²) >= 11 is 0. The molecular formula is C71H120N16O22. The number of primary amides is 3. The molecule has 0 unspecified atom stereocenters.